The second kappa shape index (κ2) is 4.97. The fourth-order valence-corrected chi connectivity index (χ4v) is 2.67. The lowest BCUT2D eigenvalue weighted by Crippen LogP contribution is -2.48. The van der Waals surface area contributed by atoms with Crippen LogP contribution in [0.2, 0.25) is 0 Å². The third kappa shape index (κ3) is 2.12. The average molecular weight is 282 g/mol. The third-order valence-electron chi connectivity index (χ3n) is 4.11. The van der Waals surface area contributed by atoms with Crippen molar-refractivity contribution in [1.82, 2.24) is 4.90 Å². The Kier molecular flexibility index (Phi) is 3.26. The zero-order chi connectivity index (χ0) is 15.1. The highest BCUT2D eigenvalue weighted by atomic mass is 16.2. The summed E-state index contributed by atoms with van der Waals surface area (Å²) in [5, 5.41) is 1.67. The van der Waals surface area contributed by atoms with Crippen LogP contribution in [-0.4, -0.2) is 29.3 Å². The Bertz CT molecular complexity index is 686. The number of carbonyl (C=O) groups is 2. The minimum absolute atomic E-state index is 0.207. The van der Waals surface area contributed by atoms with Gasteiger partial charge in [0.15, 0.2) is 0 Å². The average Bonchev–Trinajstić information content (AvgIpc) is 2.48. The van der Waals surface area contributed by atoms with Crippen molar-refractivity contribution in [1.29, 1.82) is 0 Å². The van der Waals surface area contributed by atoms with Gasteiger partial charge in [-0.3, -0.25) is 14.5 Å². The molecule has 0 bridgehead atoms. The molecule has 4 nitrogen and oxygen atoms in total. The maximum atomic E-state index is 12.6. The standard InChI is InChI=1S/C17H18N2O2/c1-10(2)14(18)9-19-16(20)12-7-3-5-11-6-4-8-13(15(11)12)17(19)21/h3-8,10,14H,9,18H2,1-2H3. The van der Waals surface area contributed by atoms with Crippen LogP contribution < -0.4 is 5.73 Å². The third-order valence-corrected chi connectivity index (χ3v) is 4.11. The van der Waals surface area contributed by atoms with Crippen LogP contribution >= 0.6 is 0 Å². The van der Waals surface area contributed by atoms with Gasteiger partial charge in [-0.25, -0.2) is 0 Å². The van der Waals surface area contributed by atoms with Crippen LogP contribution in [0.5, 0.6) is 0 Å². The summed E-state index contributed by atoms with van der Waals surface area (Å²) < 4.78 is 0. The second-order valence-electron chi connectivity index (χ2n) is 5.84. The largest absolute Gasteiger partial charge is 0.326 e. The number of rotatable bonds is 3. The highest BCUT2D eigenvalue weighted by Gasteiger charge is 2.33. The van der Waals surface area contributed by atoms with Gasteiger partial charge in [0.25, 0.3) is 11.8 Å². The number of hydrogen-bond donors (Lipinski definition) is 1. The Morgan fingerprint density at radius 2 is 1.52 bits per heavy atom. The summed E-state index contributed by atoms with van der Waals surface area (Å²) in [4.78, 5) is 26.5. The van der Waals surface area contributed by atoms with Gasteiger partial charge in [0, 0.05) is 29.1 Å². The first kappa shape index (κ1) is 13.8. The molecule has 2 aromatic rings. The quantitative estimate of drug-likeness (QED) is 0.879. The summed E-state index contributed by atoms with van der Waals surface area (Å²) in [6, 6.07) is 10.8. The van der Waals surface area contributed by atoms with E-state index in [1.165, 1.54) is 4.90 Å². The summed E-state index contributed by atoms with van der Waals surface area (Å²) >= 11 is 0. The molecular formula is C17H18N2O2. The first-order valence-electron chi connectivity index (χ1n) is 7.14. The number of hydrogen-bond acceptors (Lipinski definition) is 3. The van der Waals surface area contributed by atoms with E-state index in [1.807, 2.05) is 38.1 Å². The SMILES string of the molecule is CC(C)C(N)CN1C(=O)c2cccc3cccc(c23)C1=O. The van der Waals surface area contributed by atoms with Gasteiger partial charge < -0.3 is 5.73 Å². The first-order valence-corrected chi connectivity index (χ1v) is 7.14. The van der Waals surface area contributed by atoms with Crippen molar-refractivity contribution in [2.24, 2.45) is 11.7 Å². The number of imide groups is 1. The van der Waals surface area contributed by atoms with Crippen LogP contribution in [0.4, 0.5) is 0 Å². The monoisotopic (exact) mass is 282 g/mol. The number of nitrogens with zero attached hydrogens (tertiary/aromatic N) is 1. The van der Waals surface area contributed by atoms with Crippen LogP contribution in [-0.2, 0) is 0 Å². The van der Waals surface area contributed by atoms with Crippen LogP contribution in [0.25, 0.3) is 10.8 Å². The van der Waals surface area contributed by atoms with Crippen molar-refractivity contribution in [3.63, 3.8) is 0 Å². The van der Waals surface area contributed by atoms with Crippen molar-refractivity contribution in [2.45, 2.75) is 19.9 Å². The van der Waals surface area contributed by atoms with Crippen molar-refractivity contribution in [3.8, 4) is 0 Å². The van der Waals surface area contributed by atoms with E-state index >= 15 is 0 Å². The van der Waals surface area contributed by atoms with Crippen molar-refractivity contribution < 1.29 is 9.59 Å². The lowest BCUT2D eigenvalue weighted by Gasteiger charge is -2.30. The lowest BCUT2D eigenvalue weighted by molar-refractivity contribution is 0.0593. The smallest absolute Gasteiger partial charge is 0.261 e. The van der Waals surface area contributed by atoms with E-state index < -0.39 is 0 Å². The Morgan fingerprint density at radius 3 is 2.00 bits per heavy atom. The maximum Gasteiger partial charge on any atom is 0.261 e. The van der Waals surface area contributed by atoms with Gasteiger partial charge in [-0.1, -0.05) is 38.1 Å². The molecular weight excluding hydrogens is 264 g/mol. The summed E-state index contributed by atoms with van der Waals surface area (Å²) in [5.74, 6) is -0.292. The molecule has 0 saturated heterocycles. The second-order valence-corrected chi connectivity index (χ2v) is 5.84. The van der Waals surface area contributed by atoms with Gasteiger partial charge in [0.05, 0.1) is 0 Å². The number of benzene rings is 2. The van der Waals surface area contributed by atoms with Gasteiger partial charge in [0.2, 0.25) is 0 Å². The zero-order valence-electron chi connectivity index (χ0n) is 12.2. The molecule has 0 aliphatic carbocycles. The van der Waals surface area contributed by atoms with Gasteiger partial charge in [-0.05, 0) is 23.4 Å². The van der Waals surface area contributed by atoms with E-state index in [2.05, 4.69) is 0 Å². The summed E-state index contributed by atoms with van der Waals surface area (Å²) in [7, 11) is 0. The normalized spacial score (nSPS) is 15.9. The predicted molar refractivity (Wildman–Crippen MR) is 82.1 cm³/mol. The highest BCUT2D eigenvalue weighted by Crippen LogP contribution is 2.30. The summed E-state index contributed by atoms with van der Waals surface area (Å²) in [5.41, 5.74) is 7.21. The van der Waals surface area contributed by atoms with E-state index in [-0.39, 0.29) is 30.3 Å². The maximum absolute atomic E-state index is 12.6. The molecule has 4 heteroatoms. The molecule has 3 rings (SSSR count). The molecule has 1 heterocycles. The molecule has 1 aliphatic rings. The molecule has 0 radical (unpaired) electrons. The molecule has 108 valence electrons. The van der Waals surface area contributed by atoms with E-state index in [0.29, 0.717) is 11.1 Å². The number of amides is 2. The molecule has 2 aromatic carbocycles. The molecule has 0 spiro atoms. The molecule has 2 amide bonds. The van der Waals surface area contributed by atoms with Gasteiger partial charge in [0.1, 0.15) is 0 Å². The Balaban J connectivity index is 2.11. The fraction of sp³-hybridized carbons (Fsp3) is 0.294. The van der Waals surface area contributed by atoms with Crippen LogP contribution in [0, 0.1) is 5.92 Å². The predicted octanol–water partition coefficient (Wildman–Crippen LogP) is 2.42. The Hall–Kier alpha value is -2.20. The minimum Gasteiger partial charge on any atom is -0.326 e. The topological polar surface area (TPSA) is 63.4 Å². The van der Waals surface area contributed by atoms with E-state index in [1.54, 1.807) is 12.1 Å². The summed E-state index contributed by atoms with van der Waals surface area (Å²) in [6.45, 7) is 4.22. The Labute approximate surface area is 123 Å². The van der Waals surface area contributed by atoms with E-state index in [0.717, 1.165) is 10.8 Å². The first-order chi connectivity index (χ1) is 10.0. The zero-order valence-corrected chi connectivity index (χ0v) is 12.2. The van der Waals surface area contributed by atoms with Crippen molar-refractivity contribution in [2.75, 3.05) is 6.54 Å². The van der Waals surface area contributed by atoms with Gasteiger partial charge >= 0.3 is 0 Å². The molecule has 2 N–H and O–H groups in total. The Morgan fingerprint density at radius 1 is 1.00 bits per heavy atom. The highest BCUT2D eigenvalue weighted by molar-refractivity contribution is 6.25. The summed E-state index contributed by atoms with van der Waals surface area (Å²) in [6.07, 6.45) is 0. The minimum atomic E-state index is -0.250. The van der Waals surface area contributed by atoms with Crippen LogP contribution in [0.1, 0.15) is 34.6 Å². The molecule has 0 fully saturated rings. The van der Waals surface area contributed by atoms with Crippen molar-refractivity contribution in [3.05, 3.63) is 47.5 Å². The molecule has 1 atom stereocenters. The van der Waals surface area contributed by atoms with Crippen molar-refractivity contribution >= 4 is 22.6 Å². The van der Waals surface area contributed by atoms with Crippen LogP contribution in [0.15, 0.2) is 36.4 Å². The number of carbonyl (C=O) groups excluding carboxylic acids is 2. The van der Waals surface area contributed by atoms with E-state index in [9.17, 15) is 9.59 Å². The lowest BCUT2D eigenvalue weighted by atomic mass is 9.93. The number of nitrogens with two attached hydrogens (primary N) is 1. The van der Waals surface area contributed by atoms with Gasteiger partial charge in [-0.15, -0.1) is 0 Å². The van der Waals surface area contributed by atoms with Gasteiger partial charge in [-0.2, -0.15) is 0 Å². The molecule has 21 heavy (non-hydrogen) atoms. The van der Waals surface area contributed by atoms with E-state index in [4.69, 9.17) is 5.73 Å². The fourth-order valence-electron chi connectivity index (χ4n) is 2.67. The molecule has 0 aromatic heterocycles. The molecule has 0 saturated carbocycles. The van der Waals surface area contributed by atoms with Crippen LogP contribution in [0.3, 0.4) is 0 Å². The molecule has 1 unspecified atom stereocenters. The molecule has 1 aliphatic heterocycles.